The van der Waals surface area contributed by atoms with Gasteiger partial charge in [0.05, 0.1) is 29.9 Å². The molecule has 0 saturated heterocycles. The van der Waals surface area contributed by atoms with E-state index < -0.39 is 16.7 Å². The Morgan fingerprint density at radius 1 is 1.18 bits per heavy atom. The van der Waals surface area contributed by atoms with Crippen LogP contribution in [0.15, 0.2) is 53.6 Å². The van der Waals surface area contributed by atoms with Gasteiger partial charge in [0.1, 0.15) is 5.75 Å². The lowest BCUT2D eigenvalue weighted by Crippen LogP contribution is -2.34. The van der Waals surface area contributed by atoms with E-state index >= 15 is 0 Å². The molecule has 2 aromatic rings. The summed E-state index contributed by atoms with van der Waals surface area (Å²) in [7, 11) is 0. The molecule has 2 aromatic carbocycles. The number of benzene rings is 2. The number of nitro groups is 1. The van der Waals surface area contributed by atoms with Crippen LogP contribution in [0.4, 0.5) is 5.69 Å². The number of ether oxygens (including phenoxy) is 1. The third kappa shape index (κ3) is 6.20. The molecular weight excluding hydrogens is 364 g/mol. The van der Waals surface area contributed by atoms with Crippen LogP contribution in [0.5, 0.6) is 5.75 Å². The highest BCUT2D eigenvalue weighted by Crippen LogP contribution is 2.15. The Balaban J connectivity index is 1.82. The van der Waals surface area contributed by atoms with E-state index in [2.05, 4.69) is 15.8 Å². The minimum atomic E-state index is -0.564. The first kappa shape index (κ1) is 20.6. The molecule has 0 unspecified atom stereocenters. The van der Waals surface area contributed by atoms with E-state index in [1.54, 1.807) is 30.3 Å². The molecule has 0 radical (unpaired) electrons. The summed E-state index contributed by atoms with van der Waals surface area (Å²) in [5, 5.41) is 17.0. The van der Waals surface area contributed by atoms with Crippen molar-refractivity contribution in [3.8, 4) is 5.75 Å². The van der Waals surface area contributed by atoms with Crippen molar-refractivity contribution < 1.29 is 19.2 Å². The summed E-state index contributed by atoms with van der Waals surface area (Å²) in [4.78, 5) is 34.2. The molecule has 2 amide bonds. The van der Waals surface area contributed by atoms with Crippen molar-refractivity contribution >= 4 is 23.7 Å². The van der Waals surface area contributed by atoms with Crippen LogP contribution in [0.25, 0.3) is 0 Å². The van der Waals surface area contributed by atoms with Crippen molar-refractivity contribution in [3.63, 3.8) is 0 Å². The van der Waals surface area contributed by atoms with Gasteiger partial charge in [-0.2, -0.15) is 5.10 Å². The van der Waals surface area contributed by atoms with Crippen LogP contribution in [-0.2, 0) is 4.79 Å². The van der Waals surface area contributed by atoms with Crippen LogP contribution < -0.4 is 15.5 Å². The number of hydrogen-bond acceptors (Lipinski definition) is 6. The van der Waals surface area contributed by atoms with Gasteiger partial charge in [-0.15, -0.1) is 0 Å². The van der Waals surface area contributed by atoms with Gasteiger partial charge >= 0.3 is 0 Å². The maximum atomic E-state index is 12.0. The molecule has 0 aliphatic heterocycles. The van der Waals surface area contributed by atoms with Gasteiger partial charge in [0.25, 0.3) is 17.5 Å². The Morgan fingerprint density at radius 2 is 1.89 bits per heavy atom. The molecule has 0 aliphatic carbocycles. The molecule has 2 N–H and O–H groups in total. The molecule has 0 saturated carbocycles. The van der Waals surface area contributed by atoms with Crippen LogP contribution in [0.1, 0.15) is 29.3 Å². The zero-order valence-corrected chi connectivity index (χ0v) is 15.3. The van der Waals surface area contributed by atoms with Crippen LogP contribution in [0.3, 0.4) is 0 Å². The predicted octanol–water partition coefficient (Wildman–Crippen LogP) is 2.26. The molecule has 28 heavy (non-hydrogen) atoms. The van der Waals surface area contributed by atoms with Crippen LogP contribution in [0, 0.1) is 10.1 Å². The Bertz CT molecular complexity index is 865. The fourth-order valence-corrected chi connectivity index (χ4v) is 2.16. The van der Waals surface area contributed by atoms with E-state index in [9.17, 15) is 19.7 Å². The minimum absolute atomic E-state index is 0.125. The van der Waals surface area contributed by atoms with Gasteiger partial charge in [0, 0.05) is 11.6 Å². The highest BCUT2D eigenvalue weighted by atomic mass is 16.6. The number of hydrogen-bond donors (Lipinski definition) is 2. The third-order valence-electron chi connectivity index (χ3n) is 3.53. The standard InChI is InChI=1S/C19H20N4O5/c1-2-11-28-16-9-7-14(8-10-16)19(25)20-13-18(24)22-21-12-15-5-3-4-6-17(15)23(26)27/h3-10,12H,2,11,13H2,1H3,(H,20,25)(H,22,24). The fourth-order valence-electron chi connectivity index (χ4n) is 2.16. The maximum absolute atomic E-state index is 12.0. The summed E-state index contributed by atoms with van der Waals surface area (Å²) < 4.78 is 5.44. The third-order valence-corrected chi connectivity index (χ3v) is 3.53. The molecule has 0 atom stereocenters. The number of para-hydroxylation sites is 1. The second-order valence-electron chi connectivity index (χ2n) is 5.66. The van der Waals surface area contributed by atoms with Crippen molar-refractivity contribution in [1.29, 1.82) is 0 Å². The van der Waals surface area contributed by atoms with Crippen LogP contribution in [0.2, 0.25) is 0 Å². The lowest BCUT2D eigenvalue weighted by atomic mass is 10.2. The highest BCUT2D eigenvalue weighted by Gasteiger charge is 2.11. The molecule has 0 aliphatic rings. The van der Waals surface area contributed by atoms with Gasteiger partial charge in [-0.1, -0.05) is 19.1 Å². The number of carbonyl (C=O) groups is 2. The smallest absolute Gasteiger partial charge is 0.278 e. The van der Waals surface area contributed by atoms with E-state index in [1.165, 1.54) is 24.4 Å². The molecule has 0 spiro atoms. The van der Waals surface area contributed by atoms with Gasteiger partial charge in [-0.25, -0.2) is 5.43 Å². The largest absolute Gasteiger partial charge is 0.494 e. The van der Waals surface area contributed by atoms with Crippen molar-refractivity contribution in [1.82, 2.24) is 10.7 Å². The van der Waals surface area contributed by atoms with Gasteiger partial charge in [-0.05, 0) is 36.8 Å². The molecule has 2 rings (SSSR count). The van der Waals surface area contributed by atoms with Crippen molar-refractivity contribution in [2.75, 3.05) is 13.2 Å². The molecular formula is C19H20N4O5. The lowest BCUT2D eigenvalue weighted by Gasteiger charge is -2.07. The monoisotopic (exact) mass is 384 g/mol. The molecule has 0 fully saturated rings. The van der Waals surface area contributed by atoms with Gasteiger partial charge in [0.15, 0.2) is 0 Å². The summed E-state index contributed by atoms with van der Waals surface area (Å²) in [6.45, 7) is 2.30. The highest BCUT2D eigenvalue weighted by molar-refractivity contribution is 5.96. The number of nitrogens with one attached hydrogen (secondary N) is 2. The van der Waals surface area contributed by atoms with Gasteiger partial charge in [-0.3, -0.25) is 19.7 Å². The van der Waals surface area contributed by atoms with Gasteiger partial charge < -0.3 is 10.1 Å². The van der Waals surface area contributed by atoms with Crippen LogP contribution in [-0.4, -0.2) is 36.1 Å². The number of nitrogens with zero attached hydrogens (tertiary/aromatic N) is 2. The number of carbonyl (C=O) groups excluding carboxylic acids is 2. The summed E-state index contributed by atoms with van der Waals surface area (Å²) in [5.41, 5.74) is 2.73. The predicted molar refractivity (Wildman–Crippen MR) is 103 cm³/mol. The summed E-state index contributed by atoms with van der Waals surface area (Å²) >= 11 is 0. The Kier molecular flexibility index (Phi) is 7.64. The molecule has 0 bridgehead atoms. The Hall–Kier alpha value is -3.75. The molecule has 0 heterocycles. The van der Waals surface area contributed by atoms with E-state index in [-0.39, 0.29) is 17.8 Å². The number of nitro benzene ring substituents is 1. The maximum Gasteiger partial charge on any atom is 0.278 e. The van der Waals surface area contributed by atoms with Gasteiger partial charge in [0.2, 0.25) is 0 Å². The Morgan fingerprint density at radius 3 is 2.57 bits per heavy atom. The van der Waals surface area contributed by atoms with E-state index in [0.717, 1.165) is 6.42 Å². The lowest BCUT2D eigenvalue weighted by molar-refractivity contribution is -0.385. The topological polar surface area (TPSA) is 123 Å². The summed E-state index contributed by atoms with van der Waals surface area (Å²) in [6.07, 6.45) is 2.06. The first-order chi connectivity index (χ1) is 13.5. The van der Waals surface area contributed by atoms with Crippen molar-refractivity contribution in [2.45, 2.75) is 13.3 Å². The van der Waals surface area contributed by atoms with Crippen molar-refractivity contribution in [2.24, 2.45) is 5.10 Å². The zero-order valence-electron chi connectivity index (χ0n) is 15.3. The molecule has 0 aromatic heterocycles. The number of hydrazone groups is 1. The summed E-state index contributed by atoms with van der Waals surface area (Å²) in [5.74, 6) is -0.313. The average Bonchev–Trinajstić information content (AvgIpc) is 2.71. The Labute approximate surface area is 161 Å². The second-order valence-corrected chi connectivity index (χ2v) is 5.66. The minimum Gasteiger partial charge on any atom is -0.494 e. The van der Waals surface area contributed by atoms with E-state index in [4.69, 9.17) is 4.74 Å². The first-order valence-corrected chi connectivity index (χ1v) is 8.57. The molecule has 146 valence electrons. The number of amides is 2. The second kappa shape index (κ2) is 10.4. The zero-order chi connectivity index (χ0) is 20.4. The summed E-state index contributed by atoms with van der Waals surface area (Å²) in [6, 6.07) is 12.6. The van der Waals surface area contributed by atoms with E-state index in [1.807, 2.05) is 6.92 Å². The normalized spacial score (nSPS) is 10.5. The van der Waals surface area contributed by atoms with Crippen molar-refractivity contribution in [3.05, 3.63) is 69.8 Å². The van der Waals surface area contributed by atoms with Crippen LogP contribution >= 0.6 is 0 Å². The molecule has 9 nitrogen and oxygen atoms in total. The quantitative estimate of drug-likeness (QED) is 0.390. The molecule has 9 heteroatoms. The average molecular weight is 384 g/mol. The SMILES string of the molecule is CCCOc1ccc(C(=O)NCC(=O)NN=Cc2ccccc2[N+](=O)[O-])cc1. The van der Waals surface area contributed by atoms with E-state index in [0.29, 0.717) is 17.9 Å². The number of rotatable bonds is 9. The fraction of sp³-hybridized carbons (Fsp3) is 0.211. The first-order valence-electron chi connectivity index (χ1n) is 8.57.